The van der Waals surface area contributed by atoms with Crippen LogP contribution in [-0.2, 0) is 9.53 Å². The smallest absolute Gasteiger partial charge is 0.306 e. The summed E-state index contributed by atoms with van der Waals surface area (Å²) in [4.78, 5) is 10.7. The van der Waals surface area contributed by atoms with Crippen LogP contribution in [0.2, 0.25) is 0 Å². The van der Waals surface area contributed by atoms with Gasteiger partial charge in [-0.25, -0.2) is 0 Å². The predicted octanol–water partition coefficient (Wildman–Crippen LogP) is 1.13. The highest BCUT2D eigenvalue weighted by Crippen LogP contribution is 2.24. The second-order valence-corrected chi connectivity index (χ2v) is 3.03. The van der Waals surface area contributed by atoms with Crippen LogP contribution in [0, 0.1) is 11.8 Å². The topological polar surface area (TPSA) is 46.5 Å². The molecule has 1 aliphatic rings. The van der Waals surface area contributed by atoms with Gasteiger partial charge < -0.3 is 9.84 Å². The Balaban J connectivity index is 2.37. The van der Waals surface area contributed by atoms with Crippen LogP contribution >= 0.6 is 0 Å². The molecule has 0 saturated carbocycles. The highest BCUT2D eigenvalue weighted by atomic mass is 16.5. The summed E-state index contributed by atoms with van der Waals surface area (Å²) >= 11 is 0. The number of hydrogen-bond acceptors (Lipinski definition) is 2. The van der Waals surface area contributed by atoms with E-state index in [0.717, 1.165) is 12.8 Å². The van der Waals surface area contributed by atoms with Crippen molar-refractivity contribution in [3.8, 4) is 0 Å². The fourth-order valence-electron chi connectivity index (χ4n) is 1.36. The van der Waals surface area contributed by atoms with Crippen LogP contribution in [0.3, 0.4) is 0 Å². The van der Waals surface area contributed by atoms with Crippen molar-refractivity contribution in [1.29, 1.82) is 0 Å². The van der Waals surface area contributed by atoms with Gasteiger partial charge in [0.2, 0.25) is 0 Å². The first-order valence-electron chi connectivity index (χ1n) is 4.06. The number of rotatable bonds is 4. The van der Waals surface area contributed by atoms with E-state index in [1.807, 2.05) is 6.92 Å². The quantitative estimate of drug-likeness (QED) is 0.667. The van der Waals surface area contributed by atoms with Gasteiger partial charge in [0.25, 0.3) is 0 Å². The van der Waals surface area contributed by atoms with Gasteiger partial charge in [-0.1, -0.05) is 13.3 Å². The number of hydrogen-bond donors (Lipinski definition) is 1. The summed E-state index contributed by atoms with van der Waals surface area (Å²) in [7, 11) is 0. The van der Waals surface area contributed by atoms with Gasteiger partial charge in [-0.05, 0) is 6.42 Å². The van der Waals surface area contributed by atoms with Crippen molar-refractivity contribution < 1.29 is 14.6 Å². The summed E-state index contributed by atoms with van der Waals surface area (Å²) in [6.45, 7) is 3.28. The Hall–Kier alpha value is -0.570. The van der Waals surface area contributed by atoms with Crippen LogP contribution in [0.4, 0.5) is 0 Å². The summed E-state index contributed by atoms with van der Waals surface area (Å²) in [6, 6.07) is 0. The first-order chi connectivity index (χ1) is 5.25. The molecule has 0 aromatic rings. The average Bonchev–Trinajstić information content (AvgIpc) is 1.82. The van der Waals surface area contributed by atoms with Gasteiger partial charge in [-0.3, -0.25) is 4.79 Å². The zero-order valence-corrected chi connectivity index (χ0v) is 6.75. The highest BCUT2D eigenvalue weighted by Gasteiger charge is 2.32. The van der Waals surface area contributed by atoms with Crippen molar-refractivity contribution in [3.05, 3.63) is 0 Å². The fourth-order valence-corrected chi connectivity index (χ4v) is 1.36. The van der Waals surface area contributed by atoms with Crippen molar-refractivity contribution in [3.63, 3.8) is 0 Å². The van der Waals surface area contributed by atoms with Gasteiger partial charge in [0.15, 0.2) is 0 Å². The molecule has 1 saturated heterocycles. The lowest BCUT2D eigenvalue weighted by molar-refractivity contribution is -0.152. The van der Waals surface area contributed by atoms with E-state index in [1.54, 1.807) is 0 Å². The minimum Gasteiger partial charge on any atom is -0.481 e. The molecule has 0 amide bonds. The maximum Gasteiger partial charge on any atom is 0.306 e. The first-order valence-corrected chi connectivity index (χ1v) is 4.06. The molecule has 1 atom stereocenters. The third kappa shape index (κ3) is 1.93. The van der Waals surface area contributed by atoms with Crippen molar-refractivity contribution in [2.75, 3.05) is 13.2 Å². The zero-order chi connectivity index (χ0) is 8.27. The lowest BCUT2D eigenvalue weighted by Crippen LogP contribution is -2.38. The minimum atomic E-state index is -0.667. The molecule has 0 spiro atoms. The maximum absolute atomic E-state index is 10.7. The standard InChI is InChI=1S/C8H14O3/c1-2-3-7(8(9)10)6-4-11-5-6/h6-7H,2-5H2,1H3,(H,9,10). The van der Waals surface area contributed by atoms with Crippen LogP contribution in [0.1, 0.15) is 19.8 Å². The SMILES string of the molecule is CCCC(C(=O)O)C1COC1. The predicted molar refractivity (Wildman–Crippen MR) is 40.3 cm³/mol. The van der Waals surface area contributed by atoms with Crippen molar-refractivity contribution in [2.24, 2.45) is 11.8 Å². The highest BCUT2D eigenvalue weighted by molar-refractivity contribution is 5.70. The molecule has 0 radical (unpaired) electrons. The van der Waals surface area contributed by atoms with E-state index in [0.29, 0.717) is 13.2 Å². The first kappa shape index (κ1) is 8.53. The van der Waals surface area contributed by atoms with Gasteiger partial charge in [-0.15, -0.1) is 0 Å². The molecule has 0 aliphatic carbocycles. The summed E-state index contributed by atoms with van der Waals surface area (Å²) < 4.78 is 4.95. The summed E-state index contributed by atoms with van der Waals surface area (Å²) in [5, 5.41) is 8.78. The molecule has 0 bridgehead atoms. The molecule has 0 aromatic heterocycles. The number of carbonyl (C=O) groups is 1. The van der Waals surface area contributed by atoms with E-state index in [-0.39, 0.29) is 11.8 Å². The normalized spacial score (nSPS) is 20.8. The molecule has 1 aliphatic heterocycles. The molecular formula is C8H14O3. The van der Waals surface area contributed by atoms with E-state index < -0.39 is 5.97 Å². The number of carboxylic acids is 1. The Labute approximate surface area is 66.4 Å². The molecule has 0 aromatic carbocycles. The summed E-state index contributed by atoms with van der Waals surface area (Å²) in [6.07, 6.45) is 1.72. The molecule has 11 heavy (non-hydrogen) atoms. The Kier molecular flexibility index (Phi) is 2.88. The lowest BCUT2D eigenvalue weighted by Gasteiger charge is -2.30. The monoisotopic (exact) mass is 158 g/mol. The van der Waals surface area contributed by atoms with Crippen LogP contribution in [0.25, 0.3) is 0 Å². The molecular weight excluding hydrogens is 144 g/mol. The van der Waals surface area contributed by atoms with Crippen LogP contribution in [0.15, 0.2) is 0 Å². The van der Waals surface area contributed by atoms with E-state index in [4.69, 9.17) is 9.84 Å². The van der Waals surface area contributed by atoms with Gasteiger partial charge in [0.05, 0.1) is 19.1 Å². The molecule has 3 heteroatoms. The van der Waals surface area contributed by atoms with E-state index in [1.165, 1.54) is 0 Å². The van der Waals surface area contributed by atoms with Crippen LogP contribution < -0.4 is 0 Å². The number of aliphatic carboxylic acids is 1. The molecule has 1 heterocycles. The van der Waals surface area contributed by atoms with E-state index in [9.17, 15) is 4.79 Å². The molecule has 1 unspecified atom stereocenters. The summed E-state index contributed by atoms with van der Waals surface area (Å²) in [5.41, 5.74) is 0. The third-order valence-electron chi connectivity index (χ3n) is 2.15. The Morgan fingerprint density at radius 2 is 2.36 bits per heavy atom. The second kappa shape index (κ2) is 3.72. The molecule has 64 valence electrons. The second-order valence-electron chi connectivity index (χ2n) is 3.03. The van der Waals surface area contributed by atoms with Gasteiger partial charge in [-0.2, -0.15) is 0 Å². The van der Waals surface area contributed by atoms with E-state index >= 15 is 0 Å². The number of carboxylic acid groups (broad SMARTS) is 1. The Bertz CT molecular complexity index is 140. The lowest BCUT2D eigenvalue weighted by atomic mass is 9.87. The van der Waals surface area contributed by atoms with Crippen LogP contribution in [-0.4, -0.2) is 24.3 Å². The molecule has 3 nitrogen and oxygen atoms in total. The van der Waals surface area contributed by atoms with Gasteiger partial charge in [0.1, 0.15) is 0 Å². The minimum absolute atomic E-state index is 0.172. The van der Waals surface area contributed by atoms with Crippen LogP contribution in [0.5, 0.6) is 0 Å². The van der Waals surface area contributed by atoms with Gasteiger partial charge in [0, 0.05) is 5.92 Å². The number of ether oxygens (including phenoxy) is 1. The van der Waals surface area contributed by atoms with Gasteiger partial charge >= 0.3 is 5.97 Å². The van der Waals surface area contributed by atoms with Crippen molar-refractivity contribution in [1.82, 2.24) is 0 Å². The third-order valence-corrected chi connectivity index (χ3v) is 2.15. The fraction of sp³-hybridized carbons (Fsp3) is 0.875. The zero-order valence-electron chi connectivity index (χ0n) is 6.75. The largest absolute Gasteiger partial charge is 0.481 e. The maximum atomic E-state index is 10.7. The van der Waals surface area contributed by atoms with Crippen molar-refractivity contribution >= 4 is 5.97 Å². The summed E-state index contributed by atoms with van der Waals surface area (Å²) in [5.74, 6) is -0.568. The van der Waals surface area contributed by atoms with E-state index in [2.05, 4.69) is 0 Å². The Morgan fingerprint density at radius 1 is 1.73 bits per heavy atom. The average molecular weight is 158 g/mol. The molecule has 1 N–H and O–H groups in total. The Morgan fingerprint density at radius 3 is 2.64 bits per heavy atom. The molecule has 1 rings (SSSR count). The van der Waals surface area contributed by atoms with Crippen molar-refractivity contribution in [2.45, 2.75) is 19.8 Å². The molecule has 1 fully saturated rings.